The Labute approximate surface area is 205 Å². The number of benzene rings is 1. The summed E-state index contributed by atoms with van der Waals surface area (Å²) in [5.41, 5.74) is 6.17. The SMILES string of the molecule is CC1=CNC(C(C(=O)N2CCC[C@H]2C(=O)NCc2ccc(-c3scnc3C)cc2)C(C)C)=NC1. The summed E-state index contributed by atoms with van der Waals surface area (Å²) < 4.78 is 0. The van der Waals surface area contributed by atoms with Gasteiger partial charge in [-0.3, -0.25) is 14.6 Å². The van der Waals surface area contributed by atoms with E-state index in [1.165, 1.54) is 0 Å². The van der Waals surface area contributed by atoms with Gasteiger partial charge in [0.05, 0.1) is 28.5 Å². The lowest BCUT2D eigenvalue weighted by Crippen LogP contribution is -2.51. The lowest BCUT2D eigenvalue weighted by Gasteiger charge is -2.31. The highest BCUT2D eigenvalue weighted by Crippen LogP contribution is 2.28. The number of hydrogen-bond acceptors (Lipinski definition) is 6. The third-order valence-corrected chi connectivity index (χ3v) is 7.44. The molecule has 1 saturated heterocycles. The molecule has 0 bridgehead atoms. The molecule has 8 heteroatoms. The summed E-state index contributed by atoms with van der Waals surface area (Å²) in [5.74, 6) is 0.296. The molecule has 2 aliphatic rings. The van der Waals surface area contributed by atoms with Crippen LogP contribution in [0, 0.1) is 18.8 Å². The maximum absolute atomic E-state index is 13.5. The summed E-state index contributed by atoms with van der Waals surface area (Å²) >= 11 is 1.63. The van der Waals surface area contributed by atoms with E-state index in [0.717, 1.165) is 33.7 Å². The highest BCUT2D eigenvalue weighted by molar-refractivity contribution is 7.13. The molecule has 7 nitrogen and oxygen atoms in total. The van der Waals surface area contributed by atoms with Crippen LogP contribution >= 0.6 is 11.3 Å². The van der Waals surface area contributed by atoms with E-state index >= 15 is 0 Å². The van der Waals surface area contributed by atoms with Crippen molar-refractivity contribution >= 4 is 29.0 Å². The first kappa shape index (κ1) is 24.1. The number of thiazole rings is 1. The van der Waals surface area contributed by atoms with Crippen LogP contribution in [0.25, 0.3) is 10.4 Å². The second kappa shape index (κ2) is 10.5. The fraction of sp³-hybridized carbons (Fsp3) is 0.462. The van der Waals surface area contributed by atoms with Gasteiger partial charge in [-0.2, -0.15) is 0 Å². The molecule has 1 fully saturated rings. The molecule has 1 aromatic carbocycles. The first-order valence-electron chi connectivity index (χ1n) is 11.9. The van der Waals surface area contributed by atoms with Crippen molar-refractivity contribution in [1.29, 1.82) is 0 Å². The third kappa shape index (κ3) is 5.22. The number of amidine groups is 1. The Balaban J connectivity index is 1.39. The number of nitrogens with one attached hydrogen (secondary N) is 2. The van der Waals surface area contributed by atoms with E-state index in [1.54, 1.807) is 16.2 Å². The van der Waals surface area contributed by atoms with Gasteiger partial charge in [0, 0.05) is 19.3 Å². The van der Waals surface area contributed by atoms with E-state index in [2.05, 4.69) is 32.7 Å². The lowest BCUT2D eigenvalue weighted by molar-refractivity contribution is -0.140. The van der Waals surface area contributed by atoms with Crippen molar-refractivity contribution in [3.05, 3.63) is 52.8 Å². The third-order valence-electron chi connectivity index (χ3n) is 6.46. The van der Waals surface area contributed by atoms with E-state index in [9.17, 15) is 9.59 Å². The molecule has 0 aliphatic carbocycles. The predicted molar refractivity (Wildman–Crippen MR) is 136 cm³/mol. The van der Waals surface area contributed by atoms with E-state index in [0.29, 0.717) is 31.9 Å². The summed E-state index contributed by atoms with van der Waals surface area (Å²) in [6.07, 6.45) is 3.43. The van der Waals surface area contributed by atoms with E-state index < -0.39 is 6.04 Å². The molecular formula is C26H33N5O2S. The van der Waals surface area contributed by atoms with Crippen LogP contribution in [0.5, 0.6) is 0 Å². The van der Waals surface area contributed by atoms with E-state index in [-0.39, 0.29) is 23.7 Å². The van der Waals surface area contributed by atoms with Gasteiger partial charge in [0.2, 0.25) is 11.8 Å². The van der Waals surface area contributed by atoms with Crippen molar-refractivity contribution in [1.82, 2.24) is 20.5 Å². The molecule has 1 unspecified atom stereocenters. The van der Waals surface area contributed by atoms with Crippen LogP contribution < -0.4 is 10.6 Å². The molecule has 2 aromatic rings. The highest BCUT2D eigenvalue weighted by atomic mass is 32.1. The maximum Gasteiger partial charge on any atom is 0.243 e. The van der Waals surface area contributed by atoms with Crippen LogP contribution in [0.2, 0.25) is 0 Å². The molecule has 2 N–H and O–H groups in total. The van der Waals surface area contributed by atoms with Gasteiger partial charge in [-0.1, -0.05) is 38.1 Å². The van der Waals surface area contributed by atoms with Crippen LogP contribution in [-0.4, -0.2) is 46.7 Å². The van der Waals surface area contributed by atoms with Crippen molar-refractivity contribution in [2.75, 3.05) is 13.1 Å². The molecule has 2 aliphatic heterocycles. The first-order valence-corrected chi connectivity index (χ1v) is 12.8. The van der Waals surface area contributed by atoms with Crippen LogP contribution in [0.1, 0.15) is 44.9 Å². The number of amides is 2. The molecule has 0 spiro atoms. The molecule has 4 rings (SSSR count). The fourth-order valence-corrected chi connectivity index (χ4v) is 5.36. The lowest BCUT2D eigenvalue weighted by atomic mass is 9.92. The number of likely N-dealkylation sites (tertiary alicyclic amines) is 1. The second-order valence-electron chi connectivity index (χ2n) is 9.43. The van der Waals surface area contributed by atoms with Gasteiger partial charge >= 0.3 is 0 Å². The molecule has 0 radical (unpaired) electrons. The van der Waals surface area contributed by atoms with Gasteiger partial charge in [-0.05, 0) is 49.3 Å². The number of hydrogen-bond donors (Lipinski definition) is 2. The summed E-state index contributed by atoms with van der Waals surface area (Å²) in [4.78, 5) is 38.4. The Morgan fingerprint density at radius 2 is 2.00 bits per heavy atom. The number of carbonyl (C=O) groups excluding carboxylic acids is 2. The van der Waals surface area contributed by atoms with Crippen molar-refractivity contribution in [2.45, 2.75) is 53.1 Å². The zero-order chi connectivity index (χ0) is 24.2. The van der Waals surface area contributed by atoms with Crippen molar-refractivity contribution in [3.63, 3.8) is 0 Å². The molecule has 0 saturated carbocycles. The molecule has 180 valence electrons. The topological polar surface area (TPSA) is 86.7 Å². The van der Waals surface area contributed by atoms with Crippen molar-refractivity contribution in [2.24, 2.45) is 16.8 Å². The van der Waals surface area contributed by atoms with Crippen LogP contribution in [0.3, 0.4) is 0 Å². The molecule has 1 aromatic heterocycles. The molecule has 2 amide bonds. The first-order chi connectivity index (χ1) is 16.3. The number of aryl methyl sites for hydroxylation is 1. The Morgan fingerprint density at radius 1 is 1.24 bits per heavy atom. The summed E-state index contributed by atoms with van der Waals surface area (Å²) in [6.45, 7) is 9.71. The minimum absolute atomic E-state index is 0.0175. The van der Waals surface area contributed by atoms with Crippen molar-refractivity contribution in [3.8, 4) is 10.4 Å². The fourth-order valence-electron chi connectivity index (χ4n) is 4.55. The zero-order valence-electron chi connectivity index (χ0n) is 20.3. The van der Waals surface area contributed by atoms with E-state index in [1.807, 2.05) is 51.5 Å². The van der Waals surface area contributed by atoms with Gasteiger partial charge in [-0.15, -0.1) is 11.3 Å². The Kier molecular flexibility index (Phi) is 7.46. The average molecular weight is 480 g/mol. The largest absolute Gasteiger partial charge is 0.350 e. The van der Waals surface area contributed by atoms with Crippen LogP contribution in [0.15, 0.2) is 46.5 Å². The molecule has 3 heterocycles. The van der Waals surface area contributed by atoms with Crippen LogP contribution in [0.4, 0.5) is 0 Å². The van der Waals surface area contributed by atoms with Gasteiger partial charge < -0.3 is 15.5 Å². The standard InChI is InChI=1S/C26H33N5O2S/c1-16(2)22(24-27-12-17(3)13-28-24)26(33)31-11-5-6-21(31)25(32)29-14-19-7-9-20(10-8-19)23-18(4)30-15-34-23/h7-10,12,15-16,21-22H,5-6,11,13-14H2,1-4H3,(H,27,28)(H,29,32)/t21-,22?/m0/s1. The normalized spacial score (nSPS) is 18.9. The minimum Gasteiger partial charge on any atom is -0.350 e. The van der Waals surface area contributed by atoms with Gasteiger partial charge in [0.15, 0.2) is 0 Å². The number of nitrogens with zero attached hydrogens (tertiary/aromatic N) is 3. The number of aliphatic imine (C=N–C) groups is 1. The molecule has 34 heavy (non-hydrogen) atoms. The van der Waals surface area contributed by atoms with Crippen molar-refractivity contribution < 1.29 is 9.59 Å². The molecular weight excluding hydrogens is 446 g/mol. The maximum atomic E-state index is 13.5. The number of rotatable bonds is 7. The van der Waals surface area contributed by atoms with Gasteiger partial charge in [-0.25, -0.2) is 4.98 Å². The molecule has 2 atom stereocenters. The number of aromatic nitrogens is 1. The summed E-state index contributed by atoms with van der Waals surface area (Å²) in [6, 6.07) is 7.76. The number of carbonyl (C=O) groups is 2. The Bertz CT molecular complexity index is 1100. The zero-order valence-corrected chi connectivity index (χ0v) is 21.1. The Morgan fingerprint density at radius 3 is 2.62 bits per heavy atom. The monoisotopic (exact) mass is 479 g/mol. The van der Waals surface area contributed by atoms with Crippen LogP contribution in [-0.2, 0) is 16.1 Å². The predicted octanol–water partition coefficient (Wildman–Crippen LogP) is 3.90. The highest BCUT2D eigenvalue weighted by Gasteiger charge is 2.40. The van der Waals surface area contributed by atoms with Gasteiger partial charge in [0.25, 0.3) is 0 Å². The summed E-state index contributed by atoms with van der Waals surface area (Å²) in [7, 11) is 0. The summed E-state index contributed by atoms with van der Waals surface area (Å²) in [5, 5.41) is 6.25. The Hall–Kier alpha value is -3.00. The average Bonchev–Trinajstić information content (AvgIpc) is 3.48. The van der Waals surface area contributed by atoms with Gasteiger partial charge in [0.1, 0.15) is 11.9 Å². The quantitative estimate of drug-likeness (QED) is 0.631. The smallest absolute Gasteiger partial charge is 0.243 e. The second-order valence-corrected chi connectivity index (χ2v) is 10.3. The van der Waals surface area contributed by atoms with E-state index in [4.69, 9.17) is 0 Å². The minimum atomic E-state index is -0.436.